The summed E-state index contributed by atoms with van der Waals surface area (Å²) in [5.41, 5.74) is 6.29. The van der Waals surface area contributed by atoms with Gasteiger partial charge in [0.05, 0.1) is 12.1 Å². The summed E-state index contributed by atoms with van der Waals surface area (Å²) >= 11 is 9.04. The van der Waals surface area contributed by atoms with Crippen molar-refractivity contribution in [1.82, 2.24) is 0 Å². The fraction of sp³-hybridized carbons (Fsp3) is 0.222. The minimum Gasteiger partial charge on any atom is -0.468 e. The van der Waals surface area contributed by atoms with Crippen LogP contribution in [0, 0.1) is 0 Å². The van der Waals surface area contributed by atoms with Crippen LogP contribution < -0.4 is 5.73 Å². The topological polar surface area (TPSA) is 52.3 Å². The van der Waals surface area contributed by atoms with Gasteiger partial charge in [0.15, 0.2) is 0 Å². The molecule has 0 saturated carbocycles. The van der Waals surface area contributed by atoms with E-state index < -0.39 is 12.0 Å². The number of nitrogens with two attached hydrogens (primary N) is 1. The average molecular weight is 315 g/mol. The molecule has 0 aliphatic carbocycles. The molecular formula is C9H10BrCl2NO2. The first kappa shape index (κ1) is 14.7. The van der Waals surface area contributed by atoms with E-state index in [4.69, 9.17) is 17.3 Å². The first-order valence-corrected chi connectivity index (χ1v) is 5.01. The molecule has 2 N–H and O–H groups in total. The van der Waals surface area contributed by atoms with E-state index in [-0.39, 0.29) is 12.4 Å². The Morgan fingerprint density at radius 1 is 1.60 bits per heavy atom. The third kappa shape index (κ3) is 3.65. The Hall–Kier alpha value is -0.290. The van der Waals surface area contributed by atoms with Gasteiger partial charge in [0.1, 0.15) is 6.04 Å². The monoisotopic (exact) mass is 313 g/mol. The number of hydrogen-bond acceptors (Lipinski definition) is 3. The molecule has 1 unspecified atom stereocenters. The molecule has 0 aromatic heterocycles. The summed E-state index contributed by atoms with van der Waals surface area (Å²) < 4.78 is 5.23. The fourth-order valence-electron chi connectivity index (χ4n) is 0.969. The molecular weight excluding hydrogens is 305 g/mol. The van der Waals surface area contributed by atoms with Crippen molar-refractivity contribution in [2.45, 2.75) is 6.04 Å². The Balaban J connectivity index is 0.00000196. The molecule has 0 bridgehead atoms. The number of benzene rings is 1. The second-order valence-corrected chi connectivity index (χ2v) is 3.94. The maximum Gasteiger partial charge on any atom is 0.327 e. The first-order valence-electron chi connectivity index (χ1n) is 3.84. The molecule has 1 aromatic carbocycles. The van der Waals surface area contributed by atoms with Gasteiger partial charge in [-0.05, 0) is 33.6 Å². The first-order chi connectivity index (χ1) is 6.56. The summed E-state index contributed by atoms with van der Waals surface area (Å²) in [6.45, 7) is 0. The van der Waals surface area contributed by atoms with Crippen LogP contribution in [-0.2, 0) is 9.53 Å². The molecule has 3 nitrogen and oxygen atoms in total. The molecule has 0 heterocycles. The lowest BCUT2D eigenvalue weighted by atomic mass is 10.1. The van der Waals surface area contributed by atoms with Crippen molar-refractivity contribution in [1.29, 1.82) is 0 Å². The SMILES string of the molecule is COC(=O)C(N)c1ccc(Cl)c(Br)c1.Cl. The van der Waals surface area contributed by atoms with Gasteiger partial charge in [-0.1, -0.05) is 17.7 Å². The normalized spacial score (nSPS) is 11.5. The second kappa shape index (κ2) is 6.33. The highest BCUT2D eigenvalue weighted by Gasteiger charge is 2.16. The molecule has 0 spiro atoms. The summed E-state index contributed by atoms with van der Waals surface area (Å²) in [6, 6.07) is 4.29. The van der Waals surface area contributed by atoms with Crippen molar-refractivity contribution in [2.75, 3.05) is 7.11 Å². The summed E-state index contributed by atoms with van der Waals surface area (Å²) in [4.78, 5) is 11.1. The van der Waals surface area contributed by atoms with Gasteiger partial charge in [0.25, 0.3) is 0 Å². The quantitative estimate of drug-likeness (QED) is 0.854. The molecule has 0 fully saturated rings. The molecule has 0 amide bonds. The van der Waals surface area contributed by atoms with Crippen LogP contribution in [0.1, 0.15) is 11.6 Å². The highest BCUT2D eigenvalue weighted by atomic mass is 79.9. The molecule has 6 heteroatoms. The molecule has 0 aliphatic heterocycles. The molecule has 0 radical (unpaired) electrons. The lowest BCUT2D eigenvalue weighted by molar-refractivity contribution is -0.142. The fourth-order valence-corrected chi connectivity index (χ4v) is 1.48. The number of rotatable bonds is 2. The van der Waals surface area contributed by atoms with Crippen LogP contribution in [0.3, 0.4) is 0 Å². The van der Waals surface area contributed by atoms with E-state index >= 15 is 0 Å². The zero-order valence-electron chi connectivity index (χ0n) is 7.87. The molecule has 15 heavy (non-hydrogen) atoms. The van der Waals surface area contributed by atoms with Gasteiger partial charge < -0.3 is 10.5 Å². The smallest absolute Gasteiger partial charge is 0.327 e. The lowest BCUT2D eigenvalue weighted by Gasteiger charge is -2.10. The number of methoxy groups -OCH3 is 1. The van der Waals surface area contributed by atoms with Crippen LogP contribution in [0.2, 0.25) is 5.02 Å². The van der Waals surface area contributed by atoms with Crippen LogP contribution in [0.5, 0.6) is 0 Å². The Morgan fingerprint density at radius 3 is 2.67 bits per heavy atom. The van der Waals surface area contributed by atoms with E-state index in [1.54, 1.807) is 18.2 Å². The van der Waals surface area contributed by atoms with Crippen LogP contribution in [0.25, 0.3) is 0 Å². The Bertz CT molecular complexity index is 360. The maximum absolute atomic E-state index is 11.1. The van der Waals surface area contributed by atoms with E-state index in [2.05, 4.69) is 20.7 Å². The van der Waals surface area contributed by atoms with Crippen molar-refractivity contribution in [2.24, 2.45) is 5.73 Å². The van der Waals surface area contributed by atoms with E-state index in [0.29, 0.717) is 15.1 Å². The van der Waals surface area contributed by atoms with Crippen LogP contribution in [0.4, 0.5) is 0 Å². The van der Waals surface area contributed by atoms with Gasteiger partial charge in [-0.25, -0.2) is 0 Å². The van der Waals surface area contributed by atoms with Crippen molar-refractivity contribution < 1.29 is 9.53 Å². The highest BCUT2D eigenvalue weighted by molar-refractivity contribution is 9.10. The average Bonchev–Trinajstić information content (AvgIpc) is 2.20. The molecule has 1 rings (SSSR count). The largest absolute Gasteiger partial charge is 0.468 e. The minimum atomic E-state index is -0.770. The zero-order valence-corrected chi connectivity index (χ0v) is 11.0. The van der Waals surface area contributed by atoms with Gasteiger partial charge in [-0.15, -0.1) is 12.4 Å². The Morgan fingerprint density at radius 2 is 2.20 bits per heavy atom. The Kier molecular flexibility index (Phi) is 6.20. The van der Waals surface area contributed by atoms with E-state index in [1.165, 1.54) is 7.11 Å². The van der Waals surface area contributed by atoms with E-state index in [0.717, 1.165) is 0 Å². The summed E-state index contributed by atoms with van der Waals surface area (Å²) in [5.74, 6) is -0.473. The second-order valence-electron chi connectivity index (χ2n) is 2.67. The third-order valence-electron chi connectivity index (χ3n) is 1.76. The van der Waals surface area contributed by atoms with Gasteiger partial charge >= 0.3 is 5.97 Å². The van der Waals surface area contributed by atoms with E-state index in [9.17, 15) is 4.79 Å². The maximum atomic E-state index is 11.1. The molecule has 1 atom stereocenters. The van der Waals surface area contributed by atoms with Gasteiger partial charge in [0, 0.05) is 4.47 Å². The van der Waals surface area contributed by atoms with Crippen LogP contribution in [0.15, 0.2) is 22.7 Å². The molecule has 1 aromatic rings. The number of hydrogen-bond donors (Lipinski definition) is 1. The summed E-state index contributed by atoms with van der Waals surface area (Å²) in [7, 11) is 1.30. The number of halogens is 3. The van der Waals surface area contributed by atoms with Crippen molar-refractivity contribution in [3.8, 4) is 0 Å². The predicted octanol–water partition coefficient (Wildman–Crippen LogP) is 2.70. The minimum absolute atomic E-state index is 0. The van der Waals surface area contributed by atoms with Gasteiger partial charge in [-0.2, -0.15) is 0 Å². The zero-order chi connectivity index (χ0) is 10.7. The Labute approximate surface area is 107 Å². The summed E-state index contributed by atoms with van der Waals surface area (Å²) in [5, 5.41) is 0.575. The number of carbonyl (C=O) groups is 1. The number of carbonyl (C=O) groups excluding carboxylic acids is 1. The number of ether oxygens (including phenoxy) is 1. The summed E-state index contributed by atoms with van der Waals surface area (Å²) in [6.07, 6.45) is 0. The van der Waals surface area contributed by atoms with Crippen LogP contribution >= 0.6 is 39.9 Å². The van der Waals surface area contributed by atoms with Gasteiger partial charge in [0.2, 0.25) is 0 Å². The van der Waals surface area contributed by atoms with Crippen molar-refractivity contribution >= 4 is 45.9 Å². The highest BCUT2D eigenvalue weighted by Crippen LogP contribution is 2.25. The van der Waals surface area contributed by atoms with Crippen molar-refractivity contribution in [3.05, 3.63) is 33.3 Å². The molecule has 0 aliphatic rings. The van der Waals surface area contributed by atoms with Crippen LogP contribution in [-0.4, -0.2) is 13.1 Å². The number of esters is 1. The van der Waals surface area contributed by atoms with Gasteiger partial charge in [-0.3, -0.25) is 4.79 Å². The lowest BCUT2D eigenvalue weighted by Crippen LogP contribution is -2.22. The predicted molar refractivity (Wildman–Crippen MR) is 65.3 cm³/mol. The van der Waals surface area contributed by atoms with E-state index in [1.807, 2.05) is 0 Å². The standard InChI is InChI=1S/C9H9BrClNO2.ClH/c1-14-9(13)8(12)5-2-3-7(11)6(10)4-5;/h2-4,8H,12H2,1H3;1H. The third-order valence-corrected chi connectivity index (χ3v) is 2.97. The molecule has 84 valence electrons. The molecule has 0 saturated heterocycles. The van der Waals surface area contributed by atoms with Crippen molar-refractivity contribution in [3.63, 3.8) is 0 Å².